The number of nitrogens with one attached hydrogen (secondary N) is 1. The van der Waals surface area contributed by atoms with Crippen molar-refractivity contribution >= 4 is 0 Å². The van der Waals surface area contributed by atoms with E-state index in [1.807, 2.05) is 0 Å². The maximum Gasteiger partial charge on any atom is 0.0156 e. The first-order valence-corrected chi connectivity index (χ1v) is 6.20. The SMILES string of the molecule is CC[C@H](C)CCN1C[C@@H](C)CCCN1. The van der Waals surface area contributed by atoms with Crippen LogP contribution in [0, 0.1) is 11.8 Å². The van der Waals surface area contributed by atoms with Crippen molar-refractivity contribution in [1.82, 2.24) is 10.4 Å². The van der Waals surface area contributed by atoms with Gasteiger partial charge >= 0.3 is 0 Å². The zero-order valence-electron chi connectivity index (χ0n) is 10.1. The minimum Gasteiger partial charge on any atom is -0.255 e. The lowest BCUT2D eigenvalue weighted by Crippen LogP contribution is -2.40. The highest BCUT2D eigenvalue weighted by Gasteiger charge is 2.14. The number of hydrogen-bond donors (Lipinski definition) is 1. The molecule has 0 spiro atoms. The van der Waals surface area contributed by atoms with Gasteiger partial charge < -0.3 is 0 Å². The van der Waals surface area contributed by atoms with Crippen molar-refractivity contribution in [2.75, 3.05) is 19.6 Å². The molecule has 0 saturated carbocycles. The van der Waals surface area contributed by atoms with Crippen LogP contribution in [0.5, 0.6) is 0 Å². The summed E-state index contributed by atoms with van der Waals surface area (Å²) in [6.45, 7) is 10.6. The van der Waals surface area contributed by atoms with Crippen molar-refractivity contribution in [3.63, 3.8) is 0 Å². The first-order valence-electron chi connectivity index (χ1n) is 6.20. The van der Waals surface area contributed by atoms with Crippen LogP contribution in [0.3, 0.4) is 0 Å². The van der Waals surface area contributed by atoms with Crippen LogP contribution < -0.4 is 5.43 Å². The van der Waals surface area contributed by atoms with Gasteiger partial charge in [-0.1, -0.05) is 27.2 Å². The normalized spacial score (nSPS) is 27.2. The summed E-state index contributed by atoms with van der Waals surface area (Å²) in [5.41, 5.74) is 3.52. The summed E-state index contributed by atoms with van der Waals surface area (Å²) >= 11 is 0. The Kier molecular flexibility index (Phi) is 5.49. The van der Waals surface area contributed by atoms with E-state index in [0.717, 1.165) is 11.8 Å². The fraction of sp³-hybridized carbons (Fsp3) is 1.00. The molecule has 0 aromatic rings. The van der Waals surface area contributed by atoms with Gasteiger partial charge in [-0.05, 0) is 31.1 Å². The van der Waals surface area contributed by atoms with Gasteiger partial charge in [0.05, 0.1) is 0 Å². The molecule has 0 aromatic carbocycles. The van der Waals surface area contributed by atoms with Crippen LogP contribution in [0.2, 0.25) is 0 Å². The minimum absolute atomic E-state index is 0.863. The van der Waals surface area contributed by atoms with E-state index in [-0.39, 0.29) is 0 Å². The molecule has 0 amide bonds. The monoisotopic (exact) mass is 198 g/mol. The van der Waals surface area contributed by atoms with E-state index in [0.29, 0.717) is 0 Å². The zero-order chi connectivity index (χ0) is 10.4. The van der Waals surface area contributed by atoms with E-state index in [1.54, 1.807) is 0 Å². The molecule has 14 heavy (non-hydrogen) atoms. The molecular formula is C12H26N2. The Balaban J connectivity index is 2.21. The summed E-state index contributed by atoms with van der Waals surface area (Å²) in [5, 5.41) is 2.43. The summed E-state index contributed by atoms with van der Waals surface area (Å²) in [7, 11) is 0. The number of hydrazine groups is 1. The Morgan fingerprint density at radius 3 is 3.00 bits per heavy atom. The Labute approximate surface area is 89.0 Å². The highest BCUT2D eigenvalue weighted by molar-refractivity contribution is 4.66. The molecule has 1 aliphatic heterocycles. The highest BCUT2D eigenvalue weighted by atomic mass is 15.5. The predicted octanol–water partition coefficient (Wildman–Crippen LogP) is 2.66. The first kappa shape index (κ1) is 12.0. The maximum absolute atomic E-state index is 3.52. The molecular weight excluding hydrogens is 172 g/mol. The molecule has 0 aliphatic carbocycles. The van der Waals surface area contributed by atoms with E-state index in [4.69, 9.17) is 0 Å². The van der Waals surface area contributed by atoms with Crippen LogP contribution in [0.1, 0.15) is 46.5 Å². The summed E-state index contributed by atoms with van der Waals surface area (Å²) in [6.07, 6.45) is 5.35. The Morgan fingerprint density at radius 1 is 1.50 bits per heavy atom. The second-order valence-corrected chi connectivity index (χ2v) is 4.90. The van der Waals surface area contributed by atoms with Gasteiger partial charge in [-0.2, -0.15) is 0 Å². The van der Waals surface area contributed by atoms with E-state index >= 15 is 0 Å². The molecule has 0 bridgehead atoms. The van der Waals surface area contributed by atoms with E-state index in [9.17, 15) is 0 Å². The largest absolute Gasteiger partial charge is 0.255 e. The summed E-state index contributed by atoms with van der Waals surface area (Å²) < 4.78 is 0. The van der Waals surface area contributed by atoms with Crippen LogP contribution >= 0.6 is 0 Å². The van der Waals surface area contributed by atoms with Gasteiger partial charge in [0, 0.05) is 19.6 Å². The van der Waals surface area contributed by atoms with Gasteiger partial charge in [0.25, 0.3) is 0 Å². The van der Waals surface area contributed by atoms with Crippen LogP contribution in [0.4, 0.5) is 0 Å². The van der Waals surface area contributed by atoms with Gasteiger partial charge in [-0.25, -0.2) is 5.01 Å². The molecule has 1 rings (SSSR count). The third kappa shape index (κ3) is 4.43. The van der Waals surface area contributed by atoms with Crippen LogP contribution in [-0.2, 0) is 0 Å². The Hall–Kier alpha value is -0.0800. The predicted molar refractivity (Wildman–Crippen MR) is 62.0 cm³/mol. The van der Waals surface area contributed by atoms with Crippen LogP contribution in [-0.4, -0.2) is 24.6 Å². The highest BCUT2D eigenvalue weighted by Crippen LogP contribution is 2.12. The second kappa shape index (κ2) is 6.41. The molecule has 84 valence electrons. The molecule has 2 nitrogen and oxygen atoms in total. The quantitative estimate of drug-likeness (QED) is 0.747. The molecule has 1 aliphatic rings. The molecule has 2 heteroatoms. The molecule has 1 N–H and O–H groups in total. The van der Waals surface area contributed by atoms with Crippen LogP contribution in [0.15, 0.2) is 0 Å². The maximum atomic E-state index is 3.52. The number of hydrogen-bond acceptors (Lipinski definition) is 2. The molecule has 2 atom stereocenters. The van der Waals surface area contributed by atoms with Crippen molar-refractivity contribution in [3.05, 3.63) is 0 Å². The molecule has 0 radical (unpaired) electrons. The van der Waals surface area contributed by atoms with Crippen molar-refractivity contribution in [1.29, 1.82) is 0 Å². The van der Waals surface area contributed by atoms with Gasteiger partial charge in [0.2, 0.25) is 0 Å². The van der Waals surface area contributed by atoms with Crippen LogP contribution in [0.25, 0.3) is 0 Å². The lowest BCUT2D eigenvalue weighted by molar-refractivity contribution is 0.170. The zero-order valence-corrected chi connectivity index (χ0v) is 10.1. The van der Waals surface area contributed by atoms with Crippen molar-refractivity contribution in [2.45, 2.75) is 46.5 Å². The Morgan fingerprint density at radius 2 is 2.29 bits per heavy atom. The smallest absolute Gasteiger partial charge is 0.0156 e. The second-order valence-electron chi connectivity index (χ2n) is 4.90. The Bertz CT molecular complexity index is 147. The molecule has 0 aromatic heterocycles. The van der Waals surface area contributed by atoms with Crippen molar-refractivity contribution < 1.29 is 0 Å². The fourth-order valence-corrected chi connectivity index (χ4v) is 1.97. The van der Waals surface area contributed by atoms with Gasteiger partial charge in [-0.15, -0.1) is 0 Å². The molecule has 1 heterocycles. The number of rotatable bonds is 4. The number of nitrogens with zero attached hydrogens (tertiary/aromatic N) is 1. The average molecular weight is 198 g/mol. The molecule has 1 saturated heterocycles. The average Bonchev–Trinajstić information content (AvgIpc) is 2.39. The lowest BCUT2D eigenvalue weighted by Gasteiger charge is -2.24. The first-order chi connectivity index (χ1) is 6.72. The summed E-state index contributed by atoms with van der Waals surface area (Å²) in [5.74, 6) is 1.73. The van der Waals surface area contributed by atoms with Crippen molar-refractivity contribution in [3.8, 4) is 0 Å². The third-order valence-corrected chi connectivity index (χ3v) is 3.33. The topological polar surface area (TPSA) is 15.3 Å². The van der Waals surface area contributed by atoms with E-state index in [1.165, 1.54) is 45.3 Å². The fourth-order valence-electron chi connectivity index (χ4n) is 1.97. The van der Waals surface area contributed by atoms with Gasteiger partial charge in [-0.3, -0.25) is 5.43 Å². The van der Waals surface area contributed by atoms with Gasteiger partial charge in [0.15, 0.2) is 0 Å². The lowest BCUT2D eigenvalue weighted by atomic mass is 10.0. The molecule has 0 unspecified atom stereocenters. The summed E-state index contributed by atoms with van der Waals surface area (Å²) in [4.78, 5) is 0. The minimum atomic E-state index is 0.863. The molecule has 1 fully saturated rings. The van der Waals surface area contributed by atoms with E-state index in [2.05, 4.69) is 31.2 Å². The van der Waals surface area contributed by atoms with Gasteiger partial charge in [0.1, 0.15) is 0 Å². The third-order valence-electron chi connectivity index (χ3n) is 3.33. The summed E-state index contributed by atoms with van der Waals surface area (Å²) in [6, 6.07) is 0. The standard InChI is InChI=1S/C12H26N2/c1-4-11(2)7-9-14-10-12(3)6-5-8-13-14/h11-13H,4-10H2,1-3H3/t11-,12-/m0/s1. The van der Waals surface area contributed by atoms with E-state index < -0.39 is 0 Å². The van der Waals surface area contributed by atoms with Crippen molar-refractivity contribution in [2.24, 2.45) is 11.8 Å².